The predicted molar refractivity (Wildman–Crippen MR) is 67.8 cm³/mol. The molecule has 1 aliphatic rings. The molecule has 2 atom stereocenters. The highest BCUT2D eigenvalue weighted by atomic mass is 16.2. The molecule has 94 valence electrons. The van der Waals surface area contributed by atoms with E-state index in [2.05, 4.69) is 11.9 Å². The van der Waals surface area contributed by atoms with E-state index in [1.54, 1.807) is 0 Å². The van der Waals surface area contributed by atoms with Gasteiger partial charge in [-0.15, -0.1) is 0 Å². The number of amides is 1. The second kappa shape index (κ2) is 4.92. The number of piperidine rings is 1. The number of H-pyrrole nitrogens is 1. The molecule has 1 aliphatic heterocycles. The first-order chi connectivity index (χ1) is 8.15. The summed E-state index contributed by atoms with van der Waals surface area (Å²) >= 11 is 0. The minimum Gasteiger partial charge on any atom is -0.365 e. The fourth-order valence-electron chi connectivity index (χ4n) is 2.70. The van der Waals surface area contributed by atoms with E-state index in [-0.39, 0.29) is 11.9 Å². The summed E-state index contributed by atoms with van der Waals surface area (Å²) in [4.78, 5) is 17.4. The van der Waals surface area contributed by atoms with Gasteiger partial charge in [0.05, 0.1) is 5.56 Å². The Hall–Kier alpha value is -1.29. The monoisotopic (exact) mass is 235 g/mol. The zero-order chi connectivity index (χ0) is 12.4. The van der Waals surface area contributed by atoms with E-state index < -0.39 is 0 Å². The third kappa shape index (κ3) is 2.22. The third-order valence-corrected chi connectivity index (χ3v) is 3.80. The van der Waals surface area contributed by atoms with Gasteiger partial charge in [-0.2, -0.15) is 0 Å². The Labute approximate surface area is 102 Å². The van der Waals surface area contributed by atoms with Gasteiger partial charge in [0.2, 0.25) is 0 Å². The van der Waals surface area contributed by atoms with E-state index >= 15 is 0 Å². The first-order valence-electron chi connectivity index (χ1n) is 6.30. The van der Waals surface area contributed by atoms with E-state index in [1.165, 1.54) is 0 Å². The van der Waals surface area contributed by atoms with Crippen molar-refractivity contribution in [2.75, 3.05) is 13.1 Å². The van der Waals surface area contributed by atoms with Crippen molar-refractivity contribution in [2.45, 2.75) is 32.7 Å². The Morgan fingerprint density at radius 3 is 3.00 bits per heavy atom. The Bertz CT molecular complexity index is 399. The van der Waals surface area contributed by atoms with Crippen LogP contribution in [0.3, 0.4) is 0 Å². The summed E-state index contributed by atoms with van der Waals surface area (Å²) in [5, 5.41) is 0. The summed E-state index contributed by atoms with van der Waals surface area (Å²) in [6, 6.07) is 2.04. The lowest BCUT2D eigenvalue weighted by Crippen LogP contribution is -2.51. The number of likely N-dealkylation sites (tertiary alicyclic amines) is 1. The van der Waals surface area contributed by atoms with Gasteiger partial charge in [0.1, 0.15) is 0 Å². The van der Waals surface area contributed by atoms with Crippen molar-refractivity contribution in [2.24, 2.45) is 11.7 Å². The number of nitrogens with two attached hydrogens (primary N) is 1. The Morgan fingerprint density at radius 1 is 1.65 bits per heavy atom. The van der Waals surface area contributed by atoms with Gasteiger partial charge in [-0.3, -0.25) is 4.79 Å². The molecule has 4 heteroatoms. The molecule has 17 heavy (non-hydrogen) atoms. The molecule has 1 amide bonds. The minimum absolute atomic E-state index is 0.116. The van der Waals surface area contributed by atoms with Gasteiger partial charge in [-0.25, -0.2) is 0 Å². The van der Waals surface area contributed by atoms with Crippen LogP contribution < -0.4 is 5.73 Å². The van der Waals surface area contributed by atoms with Crippen LogP contribution in [-0.2, 0) is 0 Å². The number of hydrogen-bond donors (Lipinski definition) is 2. The van der Waals surface area contributed by atoms with Crippen molar-refractivity contribution in [1.29, 1.82) is 0 Å². The molecule has 1 aromatic heterocycles. The number of hydrogen-bond acceptors (Lipinski definition) is 2. The van der Waals surface area contributed by atoms with Gasteiger partial charge in [0.15, 0.2) is 0 Å². The average molecular weight is 235 g/mol. The van der Waals surface area contributed by atoms with Crippen LogP contribution in [0.15, 0.2) is 12.3 Å². The quantitative estimate of drug-likeness (QED) is 0.816. The number of rotatable bonds is 2. The van der Waals surface area contributed by atoms with E-state index in [1.807, 2.05) is 24.1 Å². The first-order valence-corrected chi connectivity index (χ1v) is 6.30. The van der Waals surface area contributed by atoms with Crippen molar-refractivity contribution >= 4 is 5.91 Å². The molecule has 0 bridgehead atoms. The predicted octanol–water partition coefficient (Wildman–Crippen LogP) is 1.52. The molecule has 1 saturated heterocycles. The minimum atomic E-state index is 0.116. The molecule has 3 N–H and O–H groups in total. The zero-order valence-corrected chi connectivity index (χ0v) is 10.6. The Balaban J connectivity index is 2.21. The smallest absolute Gasteiger partial charge is 0.255 e. The second-order valence-corrected chi connectivity index (χ2v) is 4.94. The fourth-order valence-corrected chi connectivity index (χ4v) is 2.70. The molecule has 2 rings (SSSR count). The molecule has 0 spiro atoms. The van der Waals surface area contributed by atoms with Gasteiger partial charge in [-0.1, -0.05) is 6.92 Å². The largest absolute Gasteiger partial charge is 0.365 e. The van der Waals surface area contributed by atoms with Crippen molar-refractivity contribution in [3.8, 4) is 0 Å². The standard InChI is InChI=1S/C13H21N3O/c1-9-4-3-7-16(12(9)8-14)13(17)11-5-6-15-10(11)2/h5-6,9,12,15H,3-4,7-8,14H2,1-2H3/t9-,12+/m0/s1. The number of aromatic nitrogens is 1. The zero-order valence-electron chi connectivity index (χ0n) is 10.6. The summed E-state index contributed by atoms with van der Waals surface area (Å²) in [6.07, 6.45) is 4.05. The van der Waals surface area contributed by atoms with E-state index in [4.69, 9.17) is 5.73 Å². The van der Waals surface area contributed by atoms with Gasteiger partial charge in [-0.05, 0) is 31.7 Å². The van der Waals surface area contributed by atoms with Gasteiger partial charge in [0, 0.05) is 31.0 Å². The lowest BCUT2D eigenvalue weighted by atomic mass is 9.90. The maximum Gasteiger partial charge on any atom is 0.255 e. The lowest BCUT2D eigenvalue weighted by Gasteiger charge is -2.39. The Kier molecular flexibility index (Phi) is 3.52. The topological polar surface area (TPSA) is 62.1 Å². The number of carbonyl (C=O) groups excluding carboxylic acids is 1. The maximum atomic E-state index is 12.4. The summed E-state index contributed by atoms with van der Waals surface area (Å²) in [5.41, 5.74) is 7.52. The molecule has 0 unspecified atom stereocenters. The molecule has 0 radical (unpaired) electrons. The maximum absolute atomic E-state index is 12.4. The second-order valence-electron chi connectivity index (χ2n) is 4.94. The van der Waals surface area contributed by atoms with Crippen molar-refractivity contribution in [3.63, 3.8) is 0 Å². The molecule has 0 saturated carbocycles. The number of aromatic amines is 1. The molecule has 0 aliphatic carbocycles. The van der Waals surface area contributed by atoms with Crippen molar-refractivity contribution in [1.82, 2.24) is 9.88 Å². The van der Waals surface area contributed by atoms with Crippen LogP contribution in [0, 0.1) is 12.8 Å². The van der Waals surface area contributed by atoms with E-state index in [9.17, 15) is 4.79 Å². The van der Waals surface area contributed by atoms with Gasteiger partial charge < -0.3 is 15.6 Å². The van der Waals surface area contributed by atoms with Crippen LogP contribution >= 0.6 is 0 Å². The molecule has 1 fully saturated rings. The highest BCUT2D eigenvalue weighted by molar-refractivity contribution is 5.95. The van der Waals surface area contributed by atoms with Crippen LogP contribution in [0.2, 0.25) is 0 Å². The van der Waals surface area contributed by atoms with Gasteiger partial charge in [0.25, 0.3) is 5.91 Å². The molecule has 2 heterocycles. The molecule has 4 nitrogen and oxygen atoms in total. The number of aryl methyl sites for hydroxylation is 1. The molecular formula is C13H21N3O. The van der Waals surface area contributed by atoms with E-state index in [0.29, 0.717) is 12.5 Å². The average Bonchev–Trinajstić information content (AvgIpc) is 2.74. The van der Waals surface area contributed by atoms with Crippen LogP contribution in [0.4, 0.5) is 0 Å². The summed E-state index contributed by atoms with van der Waals surface area (Å²) < 4.78 is 0. The third-order valence-electron chi connectivity index (χ3n) is 3.80. The SMILES string of the molecule is Cc1[nH]ccc1C(=O)N1CCC[C@H](C)[C@H]1CN. The molecular weight excluding hydrogens is 214 g/mol. The van der Waals surface area contributed by atoms with E-state index in [0.717, 1.165) is 30.6 Å². The van der Waals surface area contributed by atoms with Crippen LogP contribution in [0.5, 0.6) is 0 Å². The van der Waals surface area contributed by atoms with Crippen molar-refractivity contribution < 1.29 is 4.79 Å². The number of carbonyl (C=O) groups is 1. The van der Waals surface area contributed by atoms with Crippen LogP contribution in [0.1, 0.15) is 35.8 Å². The highest BCUT2D eigenvalue weighted by Gasteiger charge is 2.31. The van der Waals surface area contributed by atoms with Crippen molar-refractivity contribution in [3.05, 3.63) is 23.5 Å². The number of nitrogens with one attached hydrogen (secondary N) is 1. The van der Waals surface area contributed by atoms with Crippen LogP contribution in [0.25, 0.3) is 0 Å². The van der Waals surface area contributed by atoms with Crippen LogP contribution in [-0.4, -0.2) is 34.9 Å². The summed E-state index contributed by atoms with van der Waals surface area (Å²) in [7, 11) is 0. The summed E-state index contributed by atoms with van der Waals surface area (Å²) in [6.45, 7) is 5.49. The lowest BCUT2D eigenvalue weighted by molar-refractivity contribution is 0.0532. The normalized spacial score (nSPS) is 25.0. The van der Waals surface area contributed by atoms with Gasteiger partial charge >= 0.3 is 0 Å². The summed E-state index contributed by atoms with van der Waals surface area (Å²) in [5.74, 6) is 0.614. The fraction of sp³-hybridized carbons (Fsp3) is 0.615. The first kappa shape index (κ1) is 12.2. The molecule has 0 aromatic carbocycles. The molecule has 1 aromatic rings. The Morgan fingerprint density at radius 2 is 2.41 bits per heavy atom. The highest BCUT2D eigenvalue weighted by Crippen LogP contribution is 2.24. The number of nitrogens with zero attached hydrogens (tertiary/aromatic N) is 1.